The molecule has 0 amide bonds. The Hall–Kier alpha value is -4.78. The summed E-state index contributed by atoms with van der Waals surface area (Å²) in [6, 6.07) is 40.7. The van der Waals surface area contributed by atoms with E-state index >= 15 is 0 Å². The van der Waals surface area contributed by atoms with Gasteiger partial charge in [0.25, 0.3) is 0 Å². The second-order valence-corrected chi connectivity index (χ2v) is 22.6. The van der Waals surface area contributed by atoms with Gasteiger partial charge in [0.2, 0.25) is 0 Å². The van der Waals surface area contributed by atoms with Crippen molar-refractivity contribution in [2.24, 2.45) is 23.7 Å². The van der Waals surface area contributed by atoms with E-state index in [-0.39, 0.29) is 0 Å². The smallest absolute Gasteiger partial charge is 0.161 e. The molecule has 2 aromatic heterocycles. The van der Waals surface area contributed by atoms with Gasteiger partial charge in [-0.2, -0.15) is 0 Å². The van der Waals surface area contributed by atoms with Crippen LogP contribution in [0.1, 0.15) is 158 Å². The van der Waals surface area contributed by atoms with E-state index in [4.69, 9.17) is 18.9 Å². The van der Waals surface area contributed by atoms with Gasteiger partial charge >= 0.3 is 0 Å². The Morgan fingerprint density at radius 1 is 0.347 bits per heavy atom. The first-order chi connectivity index (χ1) is 35.3. The SMILES string of the molecule is CCCCC(CC)COc1ccc(-c2cc(-c3ccc(OCC(CC)CCCC)c(OCC(CC)CCCC)c3)c(-c3cc4ccccc4s3)cc2-c2cc3ccccc3s2)cc1OCC(CC)CCCC. The molecule has 7 rings (SSSR count). The molecule has 0 spiro atoms. The van der Waals surface area contributed by atoms with Crippen LogP contribution in [0, 0.1) is 23.7 Å². The topological polar surface area (TPSA) is 36.9 Å². The number of benzene rings is 5. The number of unbranched alkanes of at least 4 members (excludes halogenated alkanes) is 4. The summed E-state index contributed by atoms with van der Waals surface area (Å²) in [5.41, 5.74) is 6.99. The first-order valence-electron chi connectivity index (χ1n) is 28.3. The van der Waals surface area contributed by atoms with E-state index in [1.165, 1.54) is 129 Å². The first kappa shape index (κ1) is 55.0. The fourth-order valence-corrected chi connectivity index (χ4v) is 12.1. The number of fused-ring (bicyclic) bond motifs is 2. The minimum Gasteiger partial charge on any atom is -0.489 e. The predicted molar refractivity (Wildman–Crippen MR) is 314 cm³/mol. The van der Waals surface area contributed by atoms with Crippen molar-refractivity contribution in [3.05, 3.63) is 109 Å². The van der Waals surface area contributed by atoms with Crippen LogP contribution >= 0.6 is 22.7 Å². The molecule has 386 valence electrons. The Morgan fingerprint density at radius 2 is 0.681 bits per heavy atom. The maximum absolute atomic E-state index is 6.96. The van der Waals surface area contributed by atoms with Crippen LogP contribution in [0.15, 0.2) is 109 Å². The van der Waals surface area contributed by atoms with Crippen LogP contribution in [0.3, 0.4) is 0 Å². The molecule has 4 nitrogen and oxygen atoms in total. The summed E-state index contributed by atoms with van der Waals surface area (Å²) in [4.78, 5) is 2.49. The molecule has 0 N–H and O–H groups in total. The molecule has 0 aliphatic rings. The molecular formula is C66H86O4S2. The maximum Gasteiger partial charge on any atom is 0.161 e. The lowest BCUT2D eigenvalue weighted by Crippen LogP contribution is -2.14. The number of ether oxygens (including phenoxy) is 4. The quantitative estimate of drug-likeness (QED) is 0.0421. The third-order valence-electron chi connectivity index (χ3n) is 15.1. The van der Waals surface area contributed by atoms with Crippen molar-refractivity contribution in [2.75, 3.05) is 26.4 Å². The Morgan fingerprint density at radius 3 is 1.01 bits per heavy atom. The molecule has 72 heavy (non-hydrogen) atoms. The molecule has 0 bridgehead atoms. The van der Waals surface area contributed by atoms with Crippen molar-refractivity contribution in [1.29, 1.82) is 0 Å². The Kier molecular flexibility index (Phi) is 21.8. The van der Waals surface area contributed by atoms with Gasteiger partial charge in [0.1, 0.15) is 0 Å². The fourth-order valence-electron chi connectivity index (χ4n) is 9.95. The molecule has 2 heterocycles. The average molecular weight is 1010 g/mol. The van der Waals surface area contributed by atoms with Crippen LogP contribution in [0.4, 0.5) is 0 Å². The van der Waals surface area contributed by atoms with Crippen LogP contribution in [-0.2, 0) is 0 Å². The molecule has 4 unspecified atom stereocenters. The highest BCUT2D eigenvalue weighted by Crippen LogP contribution is 2.49. The lowest BCUT2D eigenvalue weighted by Gasteiger charge is -2.22. The van der Waals surface area contributed by atoms with Gasteiger partial charge in [-0.05, 0) is 143 Å². The standard InChI is InChI=1S/C66H86O4S2/c1-9-17-25-47(13-5)43-67-59-35-33-51(37-61(59)69-45-49(15-7)27-19-11-3)55-41-56(52-34-36-60(68-44-48(14-6)26-18-10-2)62(38-52)70-46-50(16-8)28-20-12-4)58(66-40-54-30-22-24-32-64(54)72-66)42-57(55)65-39-53-29-21-23-31-63(53)71-65/h21-24,29-42,47-50H,9-20,25-28,43-46H2,1-8H3. The number of hydrogen-bond acceptors (Lipinski definition) is 6. The highest BCUT2D eigenvalue weighted by Gasteiger charge is 2.23. The van der Waals surface area contributed by atoms with Crippen molar-refractivity contribution in [1.82, 2.24) is 0 Å². The van der Waals surface area contributed by atoms with E-state index in [1.54, 1.807) is 0 Å². The molecule has 0 radical (unpaired) electrons. The fraction of sp³-hybridized carbons (Fsp3) is 0.485. The zero-order chi connectivity index (χ0) is 50.7. The van der Waals surface area contributed by atoms with Gasteiger partial charge in [-0.15, -0.1) is 22.7 Å². The molecule has 0 fully saturated rings. The molecule has 0 aliphatic carbocycles. The molecule has 5 aromatic carbocycles. The van der Waals surface area contributed by atoms with E-state index in [9.17, 15) is 0 Å². The monoisotopic (exact) mass is 1010 g/mol. The van der Waals surface area contributed by atoms with Crippen molar-refractivity contribution in [2.45, 2.75) is 158 Å². The lowest BCUT2D eigenvalue weighted by molar-refractivity contribution is 0.199. The van der Waals surface area contributed by atoms with Gasteiger partial charge in [0.15, 0.2) is 23.0 Å². The van der Waals surface area contributed by atoms with Crippen LogP contribution in [0.2, 0.25) is 0 Å². The third-order valence-corrected chi connectivity index (χ3v) is 17.4. The van der Waals surface area contributed by atoms with Crippen LogP contribution in [0.5, 0.6) is 23.0 Å². The van der Waals surface area contributed by atoms with Crippen molar-refractivity contribution in [3.8, 4) is 66.1 Å². The lowest BCUT2D eigenvalue weighted by atomic mass is 9.89. The van der Waals surface area contributed by atoms with E-state index < -0.39 is 0 Å². The number of rotatable bonds is 32. The summed E-state index contributed by atoms with van der Waals surface area (Å²) in [5.74, 6) is 5.35. The van der Waals surface area contributed by atoms with Gasteiger partial charge in [-0.25, -0.2) is 0 Å². The van der Waals surface area contributed by atoms with E-state index in [2.05, 4.69) is 165 Å². The Bertz CT molecular complexity index is 2460. The van der Waals surface area contributed by atoms with E-state index in [1.807, 2.05) is 22.7 Å². The molecule has 6 heteroatoms. The highest BCUT2D eigenvalue weighted by molar-refractivity contribution is 7.22. The minimum absolute atomic E-state index is 0.488. The van der Waals surface area contributed by atoms with Crippen LogP contribution in [-0.4, -0.2) is 26.4 Å². The summed E-state index contributed by atoms with van der Waals surface area (Å²) in [6.45, 7) is 21.0. The molecule has 0 saturated carbocycles. The maximum atomic E-state index is 6.96. The predicted octanol–water partition coefficient (Wildman–Crippen LogP) is 21.2. The van der Waals surface area contributed by atoms with Gasteiger partial charge in [-0.3, -0.25) is 0 Å². The molecular weight excluding hydrogens is 921 g/mol. The second-order valence-electron chi connectivity index (χ2n) is 20.5. The van der Waals surface area contributed by atoms with Gasteiger partial charge < -0.3 is 18.9 Å². The highest BCUT2D eigenvalue weighted by atomic mass is 32.1. The molecule has 0 saturated heterocycles. The van der Waals surface area contributed by atoms with Gasteiger partial charge in [0.05, 0.1) is 26.4 Å². The third kappa shape index (κ3) is 14.7. The average Bonchev–Trinajstić information content (AvgIpc) is 4.06. The summed E-state index contributed by atoms with van der Waals surface area (Å²) >= 11 is 3.74. The summed E-state index contributed by atoms with van der Waals surface area (Å²) < 4.78 is 30.1. The Labute approximate surface area is 442 Å². The van der Waals surface area contributed by atoms with Crippen molar-refractivity contribution < 1.29 is 18.9 Å². The van der Waals surface area contributed by atoms with E-state index in [0.29, 0.717) is 50.1 Å². The summed E-state index contributed by atoms with van der Waals surface area (Å²) in [5, 5.41) is 2.52. The van der Waals surface area contributed by atoms with Gasteiger partial charge in [0, 0.05) is 30.3 Å². The van der Waals surface area contributed by atoms with E-state index in [0.717, 1.165) is 59.8 Å². The molecule has 4 atom stereocenters. The van der Waals surface area contributed by atoms with Crippen molar-refractivity contribution in [3.63, 3.8) is 0 Å². The number of thiophene rings is 2. The Balaban J connectivity index is 1.43. The molecule has 7 aromatic rings. The van der Waals surface area contributed by atoms with Crippen molar-refractivity contribution >= 4 is 42.8 Å². The zero-order valence-electron chi connectivity index (χ0n) is 45.3. The number of hydrogen-bond donors (Lipinski definition) is 0. The summed E-state index contributed by atoms with van der Waals surface area (Å²) in [7, 11) is 0. The summed E-state index contributed by atoms with van der Waals surface area (Å²) in [6.07, 6.45) is 18.7. The molecule has 0 aliphatic heterocycles. The minimum atomic E-state index is 0.488. The van der Waals surface area contributed by atoms with Gasteiger partial charge in [-0.1, -0.05) is 181 Å². The zero-order valence-corrected chi connectivity index (χ0v) is 46.9. The first-order valence-corrected chi connectivity index (χ1v) is 29.9. The largest absolute Gasteiger partial charge is 0.489 e. The normalized spacial score (nSPS) is 13.3. The van der Waals surface area contributed by atoms with Crippen LogP contribution in [0.25, 0.3) is 63.3 Å². The van der Waals surface area contributed by atoms with Crippen LogP contribution < -0.4 is 18.9 Å². The second kappa shape index (κ2) is 28.6.